The molecule has 5 nitrogen and oxygen atoms in total. The fraction of sp³-hybridized carbons (Fsp3) is 0. The van der Waals surface area contributed by atoms with Gasteiger partial charge in [0.2, 0.25) is 0 Å². The van der Waals surface area contributed by atoms with Gasteiger partial charge in [0.05, 0.1) is 21.3 Å². The Kier molecular flexibility index (Phi) is 7.60. The predicted octanol–water partition coefficient (Wildman–Crippen LogP) is 13.1. The van der Waals surface area contributed by atoms with Crippen molar-refractivity contribution < 1.29 is 0 Å². The molecule has 0 unspecified atom stereocenters. The van der Waals surface area contributed by atoms with Gasteiger partial charge in [-0.25, -0.2) is 19.9 Å². The number of hydrogen-bond donors (Lipinski definition) is 0. The standard InChI is InChI=1S/C50H31N5S/c1-4-16-32(17-5-1)36-22-10-11-23-37(36)35-30-42(49-53-47(33-18-6-2-7-19-33)52-48(54-49)34-20-8-3-9-21-34)50(51-31-35)55-43-26-14-12-24-38(43)40-28-29-41-39-25-13-15-27-44(39)56-46(41)45(40)55/h1-31H. The van der Waals surface area contributed by atoms with Crippen molar-refractivity contribution in [3.63, 3.8) is 0 Å². The molecule has 0 bridgehead atoms. The first-order chi connectivity index (χ1) is 27.8. The Labute approximate surface area is 326 Å². The number of rotatable bonds is 6. The van der Waals surface area contributed by atoms with Gasteiger partial charge in [-0.3, -0.25) is 4.57 Å². The van der Waals surface area contributed by atoms with Crippen LogP contribution in [-0.4, -0.2) is 24.5 Å². The number of benzene rings is 7. The Morgan fingerprint density at radius 3 is 1.62 bits per heavy atom. The molecule has 0 atom stereocenters. The van der Waals surface area contributed by atoms with Gasteiger partial charge < -0.3 is 0 Å². The molecular weight excluding hydrogens is 703 g/mol. The second kappa shape index (κ2) is 13.2. The largest absolute Gasteiger partial charge is 0.292 e. The van der Waals surface area contributed by atoms with Crippen LogP contribution in [0.4, 0.5) is 0 Å². The maximum absolute atomic E-state index is 5.44. The molecule has 0 aliphatic carbocycles. The smallest absolute Gasteiger partial charge is 0.167 e. The third kappa shape index (κ3) is 5.30. The van der Waals surface area contributed by atoms with Crippen LogP contribution >= 0.6 is 11.3 Å². The summed E-state index contributed by atoms with van der Waals surface area (Å²) in [6.45, 7) is 0. The quantitative estimate of drug-likeness (QED) is 0.171. The van der Waals surface area contributed by atoms with Gasteiger partial charge in [-0.1, -0.05) is 164 Å². The van der Waals surface area contributed by atoms with E-state index in [9.17, 15) is 0 Å². The van der Waals surface area contributed by atoms with Crippen molar-refractivity contribution in [2.24, 2.45) is 0 Å². The highest BCUT2D eigenvalue weighted by molar-refractivity contribution is 7.26. The van der Waals surface area contributed by atoms with Gasteiger partial charge in [-0.05, 0) is 34.9 Å². The molecule has 7 aromatic carbocycles. The Balaban J connectivity index is 1.26. The summed E-state index contributed by atoms with van der Waals surface area (Å²) in [4.78, 5) is 21.0. The minimum Gasteiger partial charge on any atom is -0.292 e. The van der Waals surface area contributed by atoms with E-state index < -0.39 is 0 Å². The molecule has 0 radical (unpaired) electrons. The monoisotopic (exact) mass is 733 g/mol. The summed E-state index contributed by atoms with van der Waals surface area (Å²) < 4.78 is 4.81. The molecule has 0 fully saturated rings. The van der Waals surface area contributed by atoms with Crippen molar-refractivity contribution in [2.45, 2.75) is 0 Å². The summed E-state index contributed by atoms with van der Waals surface area (Å²) in [6, 6.07) is 63.4. The summed E-state index contributed by atoms with van der Waals surface area (Å²) in [5, 5.41) is 4.83. The summed E-state index contributed by atoms with van der Waals surface area (Å²) in [7, 11) is 0. The third-order valence-electron chi connectivity index (χ3n) is 10.5. The fourth-order valence-electron chi connectivity index (χ4n) is 7.93. The topological polar surface area (TPSA) is 56.5 Å². The van der Waals surface area contributed by atoms with Crippen LogP contribution in [0.25, 0.3) is 104 Å². The van der Waals surface area contributed by atoms with Crippen LogP contribution in [0.5, 0.6) is 0 Å². The van der Waals surface area contributed by atoms with Gasteiger partial charge in [0.15, 0.2) is 17.5 Å². The first-order valence-corrected chi connectivity index (χ1v) is 19.5. The van der Waals surface area contributed by atoms with E-state index in [4.69, 9.17) is 19.9 Å². The van der Waals surface area contributed by atoms with Crippen molar-refractivity contribution in [3.05, 3.63) is 188 Å². The predicted molar refractivity (Wildman–Crippen MR) is 232 cm³/mol. The zero-order valence-corrected chi connectivity index (χ0v) is 30.9. The number of pyridine rings is 1. The molecule has 0 spiro atoms. The first-order valence-electron chi connectivity index (χ1n) is 18.6. The molecule has 11 aromatic rings. The normalized spacial score (nSPS) is 11.6. The molecule has 4 heterocycles. The molecule has 4 aromatic heterocycles. The molecule has 0 saturated heterocycles. The highest BCUT2D eigenvalue weighted by atomic mass is 32.1. The zero-order valence-electron chi connectivity index (χ0n) is 30.0. The molecule has 262 valence electrons. The van der Waals surface area contributed by atoms with Crippen LogP contribution in [-0.2, 0) is 0 Å². The van der Waals surface area contributed by atoms with Crippen molar-refractivity contribution in [3.8, 4) is 62.2 Å². The molecular formula is C50H31N5S. The van der Waals surface area contributed by atoms with Crippen LogP contribution in [0.3, 0.4) is 0 Å². The average molecular weight is 734 g/mol. The van der Waals surface area contributed by atoms with E-state index in [1.54, 1.807) is 0 Å². The van der Waals surface area contributed by atoms with Crippen molar-refractivity contribution >= 4 is 53.3 Å². The molecule has 0 N–H and O–H groups in total. The van der Waals surface area contributed by atoms with Gasteiger partial charge in [0, 0.05) is 49.1 Å². The number of thiophene rings is 1. The van der Waals surface area contributed by atoms with E-state index in [0.29, 0.717) is 17.5 Å². The van der Waals surface area contributed by atoms with Gasteiger partial charge in [-0.15, -0.1) is 11.3 Å². The van der Waals surface area contributed by atoms with Gasteiger partial charge >= 0.3 is 0 Å². The maximum atomic E-state index is 5.44. The first kappa shape index (κ1) is 32.2. The summed E-state index contributed by atoms with van der Waals surface area (Å²) >= 11 is 1.83. The van der Waals surface area contributed by atoms with Crippen LogP contribution in [0.15, 0.2) is 188 Å². The van der Waals surface area contributed by atoms with Crippen LogP contribution in [0, 0.1) is 0 Å². The molecule has 56 heavy (non-hydrogen) atoms. The Morgan fingerprint density at radius 1 is 0.393 bits per heavy atom. The van der Waals surface area contributed by atoms with E-state index in [0.717, 1.165) is 55.8 Å². The van der Waals surface area contributed by atoms with E-state index in [1.165, 1.54) is 30.9 Å². The molecule has 0 aliphatic heterocycles. The van der Waals surface area contributed by atoms with E-state index in [-0.39, 0.29) is 0 Å². The second-order valence-electron chi connectivity index (χ2n) is 13.8. The average Bonchev–Trinajstić information content (AvgIpc) is 3.83. The lowest BCUT2D eigenvalue weighted by Gasteiger charge is -2.16. The second-order valence-corrected chi connectivity index (χ2v) is 14.9. The van der Waals surface area contributed by atoms with Crippen molar-refractivity contribution in [1.82, 2.24) is 24.5 Å². The molecule has 11 rings (SSSR count). The molecule has 0 amide bonds. The van der Waals surface area contributed by atoms with Crippen LogP contribution in [0.2, 0.25) is 0 Å². The minimum atomic E-state index is 0.550. The zero-order chi connectivity index (χ0) is 37.0. The fourth-order valence-corrected chi connectivity index (χ4v) is 9.17. The van der Waals surface area contributed by atoms with E-state index in [2.05, 4.69) is 126 Å². The lowest BCUT2D eigenvalue weighted by atomic mass is 9.94. The summed E-state index contributed by atoms with van der Waals surface area (Å²) in [5.41, 5.74) is 9.14. The number of hydrogen-bond acceptors (Lipinski definition) is 5. The number of para-hydroxylation sites is 1. The van der Waals surface area contributed by atoms with Crippen molar-refractivity contribution in [1.29, 1.82) is 0 Å². The lowest BCUT2D eigenvalue weighted by molar-refractivity contribution is 1.04. The van der Waals surface area contributed by atoms with Gasteiger partial charge in [0.1, 0.15) is 5.82 Å². The highest BCUT2D eigenvalue weighted by Crippen LogP contribution is 2.44. The summed E-state index contributed by atoms with van der Waals surface area (Å²) in [5.74, 6) is 2.51. The lowest BCUT2D eigenvalue weighted by Crippen LogP contribution is -2.06. The molecule has 0 aliphatic rings. The van der Waals surface area contributed by atoms with E-state index >= 15 is 0 Å². The van der Waals surface area contributed by atoms with Crippen LogP contribution < -0.4 is 0 Å². The molecule has 0 saturated carbocycles. The highest BCUT2D eigenvalue weighted by Gasteiger charge is 2.24. The number of fused-ring (bicyclic) bond motifs is 7. The van der Waals surface area contributed by atoms with Crippen molar-refractivity contribution in [2.75, 3.05) is 0 Å². The Hall–Kier alpha value is -7.28. The third-order valence-corrected chi connectivity index (χ3v) is 11.7. The minimum absolute atomic E-state index is 0.550. The number of aromatic nitrogens is 5. The van der Waals surface area contributed by atoms with Gasteiger partial charge in [0.25, 0.3) is 0 Å². The Morgan fingerprint density at radius 2 is 0.929 bits per heavy atom. The number of nitrogens with zero attached hydrogens (tertiary/aromatic N) is 5. The molecule has 6 heteroatoms. The SMILES string of the molecule is c1ccc(-c2nc(-c3ccccc3)nc(-c3cc(-c4ccccc4-c4ccccc4)cnc3-n3c4ccccc4c4ccc5c6ccccc6sc5c43)n2)cc1. The Bertz CT molecular complexity index is 3190. The maximum Gasteiger partial charge on any atom is 0.167 e. The van der Waals surface area contributed by atoms with E-state index in [1.807, 2.05) is 78.2 Å². The summed E-state index contributed by atoms with van der Waals surface area (Å²) in [6.07, 6.45) is 2.00. The van der Waals surface area contributed by atoms with Crippen LogP contribution in [0.1, 0.15) is 0 Å². The van der Waals surface area contributed by atoms with Gasteiger partial charge in [-0.2, -0.15) is 0 Å².